The summed E-state index contributed by atoms with van der Waals surface area (Å²) in [5.74, 6) is -0.232. The van der Waals surface area contributed by atoms with Gasteiger partial charge in [-0.1, -0.05) is 37.8 Å². The van der Waals surface area contributed by atoms with Gasteiger partial charge in [-0.3, -0.25) is 4.79 Å². The van der Waals surface area contributed by atoms with Gasteiger partial charge < -0.3 is 10.4 Å². The third kappa shape index (κ3) is 4.37. The number of carboxylic acids is 1. The smallest absolute Gasteiger partial charge is 0.335 e. The number of aromatic carboxylic acids is 1. The molecule has 0 saturated heterocycles. The molecule has 2 rings (SSSR count). The Balaban J connectivity index is 1.76. The lowest BCUT2D eigenvalue weighted by Gasteiger charge is -2.10. The van der Waals surface area contributed by atoms with Crippen molar-refractivity contribution in [2.45, 2.75) is 38.5 Å². The van der Waals surface area contributed by atoms with Crippen molar-refractivity contribution in [1.29, 1.82) is 0 Å². The number of amides is 1. The number of nitrogens with one attached hydrogen (secondary N) is 1. The van der Waals surface area contributed by atoms with Crippen LogP contribution in [0.1, 0.15) is 48.0 Å². The fourth-order valence-electron chi connectivity index (χ4n) is 2.78. The number of carboxylic acid groups (broad SMARTS) is 1. The molecule has 1 aliphatic rings. The summed E-state index contributed by atoms with van der Waals surface area (Å²) in [5.41, 5.74) is 0.963. The van der Waals surface area contributed by atoms with E-state index in [1.165, 1.54) is 31.7 Å². The van der Waals surface area contributed by atoms with E-state index < -0.39 is 5.97 Å². The van der Waals surface area contributed by atoms with Crippen molar-refractivity contribution in [2.24, 2.45) is 5.92 Å². The predicted molar refractivity (Wildman–Crippen MR) is 76.7 cm³/mol. The van der Waals surface area contributed by atoms with Gasteiger partial charge in [-0.25, -0.2) is 4.79 Å². The summed E-state index contributed by atoms with van der Waals surface area (Å²) in [6, 6.07) is 6.54. The Labute approximate surface area is 119 Å². The summed E-state index contributed by atoms with van der Waals surface area (Å²) in [4.78, 5) is 22.7. The number of hydrogen-bond acceptors (Lipinski definition) is 2. The Morgan fingerprint density at radius 1 is 1.25 bits per heavy atom. The molecule has 1 fully saturated rings. The van der Waals surface area contributed by atoms with E-state index in [9.17, 15) is 9.59 Å². The second kappa shape index (κ2) is 7.08. The van der Waals surface area contributed by atoms with Crippen LogP contribution in [0.2, 0.25) is 0 Å². The van der Waals surface area contributed by atoms with E-state index >= 15 is 0 Å². The lowest BCUT2D eigenvalue weighted by molar-refractivity contribution is -0.120. The summed E-state index contributed by atoms with van der Waals surface area (Å²) >= 11 is 0. The molecule has 0 heterocycles. The molecule has 0 spiro atoms. The maximum Gasteiger partial charge on any atom is 0.335 e. The zero-order chi connectivity index (χ0) is 14.4. The molecule has 108 valence electrons. The monoisotopic (exact) mass is 275 g/mol. The average molecular weight is 275 g/mol. The topological polar surface area (TPSA) is 66.4 Å². The largest absolute Gasteiger partial charge is 0.478 e. The lowest BCUT2D eigenvalue weighted by atomic mass is 10.0. The van der Waals surface area contributed by atoms with E-state index in [1.807, 2.05) is 0 Å². The van der Waals surface area contributed by atoms with Gasteiger partial charge in [-0.2, -0.15) is 0 Å². The van der Waals surface area contributed by atoms with Gasteiger partial charge in [0.05, 0.1) is 12.0 Å². The van der Waals surface area contributed by atoms with Crippen LogP contribution in [0.3, 0.4) is 0 Å². The highest BCUT2D eigenvalue weighted by molar-refractivity contribution is 5.88. The molecule has 0 aromatic heterocycles. The van der Waals surface area contributed by atoms with Crippen LogP contribution in [0.5, 0.6) is 0 Å². The second-order valence-corrected chi connectivity index (χ2v) is 5.47. The van der Waals surface area contributed by atoms with E-state index in [2.05, 4.69) is 5.32 Å². The normalized spacial score (nSPS) is 15.2. The molecule has 2 N–H and O–H groups in total. The molecule has 0 atom stereocenters. The maximum atomic E-state index is 11.8. The van der Waals surface area contributed by atoms with Crippen molar-refractivity contribution in [3.63, 3.8) is 0 Å². The maximum absolute atomic E-state index is 11.8. The minimum Gasteiger partial charge on any atom is -0.478 e. The number of benzene rings is 1. The molecule has 1 aliphatic carbocycles. The molecule has 1 aromatic carbocycles. The number of carbonyl (C=O) groups is 2. The van der Waals surface area contributed by atoms with Crippen LogP contribution in [-0.2, 0) is 11.2 Å². The zero-order valence-corrected chi connectivity index (χ0v) is 11.6. The Morgan fingerprint density at radius 3 is 2.70 bits per heavy atom. The summed E-state index contributed by atoms with van der Waals surface area (Å²) in [7, 11) is 0. The van der Waals surface area contributed by atoms with E-state index in [0.717, 1.165) is 24.4 Å². The molecular formula is C16H21NO3. The van der Waals surface area contributed by atoms with Gasteiger partial charge >= 0.3 is 5.97 Å². The highest BCUT2D eigenvalue weighted by Gasteiger charge is 2.14. The van der Waals surface area contributed by atoms with Crippen LogP contribution in [0, 0.1) is 5.92 Å². The average Bonchev–Trinajstić information content (AvgIpc) is 2.92. The van der Waals surface area contributed by atoms with E-state index in [0.29, 0.717) is 0 Å². The lowest BCUT2D eigenvalue weighted by Crippen LogP contribution is -2.27. The van der Waals surface area contributed by atoms with Crippen molar-refractivity contribution >= 4 is 11.9 Å². The van der Waals surface area contributed by atoms with Crippen LogP contribution in [0.4, 0.5) is 0 Å². The third-order valence-corrected chi connectivity index (χ3v) is 3.89. The van der Waals surface area contributed by atoms with Crippen molar-refractivity contribution in [2.75, 3.05) is 6.54 Å². The van der Waals surface area contributed by atoms with Crippen molar-refractivity contribution in [1.82, 2.24) is 5.32 Å². The van der Waals surface area contributed by atoms with Gasteiger partial charge in [0.25, 0.3) is 0 Å². The highest BCUT2D eigenvalue weighted by Crippen LogP contribution is 2.26. The first-order valence-corrected chi connectivity index (χ1v) is 7.24. The van der Waals surface area contributed by atoms with Crippen LogP contribution >= 0.6 is 0 Å². The molecule has 0 unspecified atom stereocenters. The van der Waals surface area contributed by atoms with Crippen LogP contribution in [-0.4, -0.2) is 23.5 Å². The Morgan fingerprint density at radius 2 is 2.00 bits per heavy atom. The number of rotatable bonds is 6. The van der Waals surface area contributed by atoms with Gasteiger partial charge in [-0.15, -0.1) is 0 Å². The van der Waals surface area contributed by atoms with E-state index in [1.54, 1.807) is 18.2 Å². The molecule has 0 aliphatic heterocycles. The molecule has 1 amide bonds. The molecule has 4 heteroatoms. The van der Waals surface area contributed by atoms with Gasteiger partial charge in [0.15, 0.2) is 0 Å². The standard InChI is InChI=1S/C16H21NO3/c18-15(17-9-8-12-4-1-2-5-12)11-13-6-3-7-14(10-13)16(19)20/h3,6-7,10,12H,1-2,4-5,8-9,11H2,(H,17,18)(H,19,20). The molecule has 0 bridgehead atoms. The zero-order valence-electron chi connectivity index (χ0n) is 11.6. The molecule has 4 nitrogen and oxygen atoms in total. The van der Waals surface area contributed by atoms with Gasteiger partial charge in [0.2, 0.25) is 5.91 Å². The highest BCUT2D eigenvalue weighted by atomic mass is 16.4. The van der Waals surface area contributed by atoms with Crippen LogP contribution in [0.25, 0.3) is 0 Å². The summed E-state index contributed by atoms with van der Waals surface area (Å²) < 4.78 is 0. The first-order valence-electron chi connectivity index (χ1n) is 7.24. The van der Waals surface area contributed by atoms with Crippen molar-refractivity contribution in [3.8, 4) is 0 Å². The minimum absolute atomic E-state index is 0.0365. The number of carbonyl (C=O) groups excluding carboxylic acids is 1. The van der Waals surface area contributed by atoms with E-state index in [-0.39, 0.29) is 17.9 Å². The second-order valence-electron chi connectivity index (χ2n) is 5.47. The third-order valence-electron chi connectivity index (χ3n) is 3.89. The fraction of sp³-hybridized carbons (Fsp3) is 0.500. The number of hydrogen-bond donors (Lipinski definition) is 2. The molecular weight excluding hydrogens is 254 g/mol. The Kier molecular flexibility index (Phi) is 5.16. The minimum atomic E-state index is -0.964. The van der Waals surface area contributed by atoms with Crippen LogP contribution < -0.4 is 5.32 Å². The summed E-state index contributed by atoms with van der Waals surface area (Å²) in [5, 5.41) is 11.8. The van der Waals surface area contributed by atoms with Gasteiger partial charge in [0, 0.05) is 6.54 Å². The van der Waals surface area contributed by atoms with Crippen molar-refractivity contribution < 1.29 is 14.7 Å². The Bertz CT molecular complexity index is 478. The predicted octanol–water partition coefficient (Wildman–Crippen LogP) is 2.62. The SMILES string of the molecule is O=C(Cc1cccc(C(=O)O)c1)NCCC1CCCC1. The molecule has 20 heavy (non-hydrogen) atoms. The first-order chi connectivity index (χ1) is 9.65. The van der Waals surface area contributed by atoms with E-state index in [4.69, 9.17) is 5.11 Å². The fourth-order valence-corrected chi connectivity index (χ4v) is 2.78. The van der Waals surface area contributed by atoms with Gasteiger partial charge in [0.1, 0.15) is 0 Å². The van der Waals surface area contributed by atoms with Crippen molar-refractivity contribution in [3.05, 3.63) is 35.4 Å². The molecule has 1 aromatic rings. The molecule has 0 radical (unpaired) electrons. The Hall–Kier alpha value is -1.84. The summed E-state index contributed by atoms with van der Waals surface area (Å²) in [6.45, 7) is 0.724. The quantitative estimate of drug-likeness (QED) is 0.838. The first kappa shape index (κ1) is 14.6. The summed E-state index contributed by atoms with van der Waals surface area (Å²) in [6.07, 6.45) is 6.51. The van der Waals surface area contributed by atoms with Gasteiger partial charge in [-0.05, 0) is 30.0 Å². The molecule has 1 saturated carbocycles. The van der Waals surface area contributed by atoms with Crippen LogP contribution in [0.15, 0.2) is 24.3 Å².